The van der Waals surface area contributed by atoms with Crippen LogP contribution in [0.1, 0.15) is 19.3 Å². The number of aliphatic carboxylic acids is 1. The summed E-state index contributed by atoms with van der Waals surface area (Å²) in [5, 5.41) is 22.1. The van der Waals surface area contributed by atoms with E-state index in [2.05, 4.69) is 10.6 Å². The molecule has 1 unspecified atom stereocenters. The molecule has 4 N–H and O–H groups in total. The third-order valence-corrected chi connectivity index (χ3v) is 1.93. The van der Waals surface area contributed by atoms with Gasteiger partial charge in [-0.1, -0.05) is 0 Å². The lowest BCUT2D eigenvalue weighted by atomic mass is 10.2. The fraction of sp³-hybridized carbons (Fsp3) is 0.750. The van der Waals surface area contributed by atoms with Crippen LogP contribution in [0.4, 0.5) is 4.79 Å². The number of aliphatic hydroxyl groups excluding tert-OH is 1. The van der Waals surface area contributed by atoms with Crippen LogP contribution in [0.25, 0.3) is 0 Å². The molecular weight excluding hydrogens is 188 g/mol. The zero-order chi connectivity index (χ0) is 10.6. The van der Waals surface area contributed by atoms with Crippen molar-refractivity contribution in [1.29, 1.82) is 0 Å². The Morgan fingerprint density at radius 1 is 1.43 bits per heavy atom. The van der Waals surface area contributed by atoms with Crippen LogP contribution >= 0.6 is 0 Å². The van der Waals surface area contributed by atoms with Crippen LogP contribution in [0.5, 0.6) is 0 Å². The van der Waals surface area contributed by atoms with Crippen molar-refractivity contribution < 1.29 is 19.8 Å². The first kappa shape index (κ1) is 10.8. The number of carbonyl (C=O) groups is 2. The monoisotopic (exact) mass is 202 g/mol. The third kappa shape index (κ3) is 3.61. The van der Waals surface area contributed by atoms with Crippen LogP contribution in [-0.2, 0) is 4.79 Å². The molecule has 2 amide bonds. The first-order valence-corrected chi connectivity index (χ1v) is 4.54. The number of urea groups is 1. The van der Waals surface area contributed by atoms with Gasteiger partial charge in [-0.3, -0.25) is 0 Å². The van der Waals surface area contributed by atoms with E-state index in [0.717, 1.165) is 12.8 Å². The van der Waals surface area contributed by atoms with E-state index >= 15 is 0 Å². The fourth-order valence-electron chi connectivity index (χ4n) is 0.999. The summed E-state index contributed by atoms with van der Waals surface area (Å²) in [6.45, 7) is -0.263. The Labute approximate surface area is 81.3 Å². The van der Waals surface area contributed by atoms with E-state index in [4.69, 9.17) is 10.2 Å². The van der Waals surface area contributed by atoms with Crippen LogP contribution in [0, 0.1) is 0 Å². The van der Waals surface area contributed by atoms with Gasteiger partial charge in [0.25, 0.3) is 0 Å². The molecule has 6 heteroatoms. The standard InChI is InChI=1S/C8H14N2O4/c11-4-3-6(7(12)13)10-8(14)9-5-1-2-5/h5-6,11H,1-4H2,(H,12,13)(H2,9,10,14). The van der Waals surface area contributed by atoms with Gasteiger partial charge >= 0.3 is 12.0 Å². The molecule has 1 aliphatic rings. The number of carboxylic acid groups (broad SMARTS) is 1. The van der Waals surface area contributed by atoms with Gasteiger partial charge in [0, 0.05) is 19.1 Å². The summed E-state index contributed by atoms with van der Waals surface area (Å²) in [5.74, 6) is -1.13. The molecular formula is C8H14N2O4. The zero-order valence-corrected chi connectivity index (χ0v) is 7.69. The maximum Gasteiger partial charge on any atom is 0.326 e. The molecule has 0 saturated heterocycles. The Morgan fingerprint density at radius 2 is 2.07 bits per heavy atom. The molecule has 0 aromatic heterocycles. The Bertz CT molecular complexity index is 227. The van der Waals surface area contributed by atoms with E-state index in [0.29, 0.717) is 0 Å². The number of hydrogen-bond acceptors (Lipinski definition) is 3. The average Bonchev–Trinajstić information content (AvgIpc) is 2.87. The molecule has 0 radical (unpaired) electrons. The van der Waals surface area contributed by atoms with Gasteiger partial charge in [0.05, 0.1) is 0 Å². The molecule has 0 aliphatic heterocycles. The highest BCUT2D eigenvalue weighted by Crippen LogP contribution is 2.18. The van der Waals surface area contributed by atoms with E-state index in [1.807, 2.05) is 0 Å². The molecule has 6 nitrogen and oxygen atoms in total. The molecule has 0 aromatic carbocycles. The van der Waals surface area contributed by atoms with Crippen molar-refractivity contribution in [2.75, 3.05) is 6.61 Å². The van der Waals surface area contributed by atoms with Crippen molar-refractivity contribution in [3.8, 4) is 0 Å². The van der Waals surface area contributed by atoms with Crippen LogP contribution in [0.2, 0.25) is 0 Å². The number of rotatable bonds is 5. The molecule has 1 fully saturated rings. The molecule has 0 aromatic rings. The molecule has 1 saturated carbocycles. The molecule has 80 valence electrons. The van der Waals surface area contributed by atoms with E-state index in [1.165, 1.54) is 0 Å². The second kappa shape index (κ2) is 4.80. The van der Waals surface area contributed by atoms with Gasteiger partial charge in [-0.2, -0.15) is 0 Å². The van der Waals surface area contributed by atoms with Gasteiger partial charge in [-0.25, -0.2) is 9.59 Å². The van der Waals surface area contributed by atoms with Crippen molar-refractivity contribution in [2.24, 2.45) is 0 Å². The predicted molar refractivity (Wildman–Crippen MR) is 47.8 cm³/mol. The number of carbonyl (C=O) groups excluding carboxylic acids is 1. The quantitative estimate of drug-likeness (QED) is 0.473. The Morgan fingerprint density at radius 3 is 2.50 bits per heavy atom. The van der Waals surface area contributed by atoms with E-state index in [-0.39, 0.29) is 19.1 Å². The topological polar surface area (TPSA) is 98.7 Å². The normalized spacial score (nSPS) is 17.2. The van der Waals surface area contributed by atoms with Crippen molar-refractivity contribution in [3.63, 3.8) is 0 Å². The maximum atomic E-state index is 11.1. The highest BCUT2D eigenvalue weighted by Gasteiger charge is 2.25. The lowest BCUT2D eigenvalue weighted by Gasteiger charge is -2.13. The second-order valence-corrected chi connectivity index (χ2v) is 3.30. The maximum absolute atomic E-state index is 11.1. The lowest BCUT2D eigenvalue weighted by Crippen LogP contribution is -2.47. The third-order valence-electron chi connectivity index (χ3n) is 1.93. The van der Waals surface area contributed by atoms with Crippen LogP contribution in [0.3, 0.4) is 0 Å². The highest BCUT2D eigenvalue weighted by molar-refractivity contribution is 5.82. The lowest BCUT2D eigenvalue weighted by molar-refractivity contribution is -0.139. The number of carboxylic acids is 1. The van der Waals surface area contributed by atoms with Crippen molar-refractivity contribution >= 4 is 12.0 Å². The van der Waals surface area contributed by atoms with E-state index < -0.39 is 18.0 Å². The smallest absolute Gasteiger partial charge is 0.326 e. The summed E-state index contributed by atoms with van der Waals surface area (Å²) in [7, 11) is 0. The molecule has 0 spiro atoms. The summed E-state index contributed by atoms with van der Waals surface area (Å²) < 4.78 is 0. The van der Waals surface area contributed by atoms with Crippen molar-refractivity contribution in [1.82, 2.24) is 10.6 Å². The minimum absolute atomic E-state index is 0.0213. The largest absolute Gasteiger partial charge is 0.480 e. The SMILES string of the molecule is O=C(NC1CC1)NC(CCO)C(=O)O. The molecule has 0 heterocycles. The molecule has 1 aliphatic carbocycles. The average molecular weight is 202 g/mol. The summed E-state index contributed by atoms with van der Waals surface area (Å²) in [6.07, 6.45) is 1.92. The van der Waals surface area contributed by atoms with Gasteiger partial charge in [-0.05, 0) is 12.8 Å². The van der Waals surface area contributed by atoms with Gasteiger partial charge < -0.3 is 20.8 Å². The fourth-order valence-corrected chi connectivity index (χ4v) is 0.999. The predicted octanol–water partition coefficient (Wildman–Crippen LogP) is -0.716. The second-order valence-electron chi connectivity index (χ2n) is 3.30. The Balaban J connectivity index is 2.29. The zero-order valence-electron chi connectivity index (χ0n) is 7.69. The number of aliphatic hydroxyl groups is 1. The number of nitrogens with one attached hydrogen (secondary N) is 2. The Hall–Kier alpha value is -1.30. The van der Waals surface area contributed by atoms with Gasteiger partial charge in [0.1, 0.15) is 6.04 Å². The minimum atomic E-state index is -1.13. The summed E-state index contributed by atoms with van der Waals surface area (Å²) >= 11 is 0. The Kier molecular flexibility index (Phi) is 3.70. The first-order chi connectivity index (χ1) is 6.63. The van der Waals surface area contributed by atoms with Crippen molar-refractivity contribution in [3.05, 3.63) is 0 Å². The number of amides is 2. The van der Waals surface area contributed by atoms with Crippen LogP contribution < -0.4 is 10.6 Å². The summed E-state index contributed by atoms with van der Waals surface area (Å²) in [4.78, 5) is 21.7. The molecule has 14 heavy (non-hydrogen) atoms. The van der Waals surface area contributed by atoms with E-state index in [1.54, 1.807) is 0 Å². The minimum Gasteiger partial charge on any atom is -0.480 e. The van der Waals surface area contributed by atoms with Gasteiger partial charge in [-0.15, -0.1) is 0 Å². The van der Waals surface area contributed by atoms with E-state index in [9.17, 15) is 9.59 Å². The highest BCUT2D eigenvalue weighted by atomic mass is 16.4. The number of hydrogen-bond donors (Lipinski definition) is 4. The van der Waals surface area contributed by atoms with Gasteiger partial charge in [0.2, 0.25) is 0 Å². The summed E-state index contributed by atoms with van der Waals surface area (Å²) in [5.41, 5.74) is 0. The molecule has 0 bridgehead atoms. The van der Waals surface area contributed by atoms with Crippen molar-refractivity contribution in [2.45, 2.75) is 31.3 Å². The first-order valence-electron chi connectivity index (χ1n) is 4.54. The van der Waals surface area contributed by atoms with Crippen LogP contribution in [0.15, 0.2) is 0 Å². The van der Waals surface area contributed by atoms with Gasteiger partial charge in [0.15, 0.2) is 0 Å². The summed E-state index contributed by atoms with van der Waals surface area (Å²) in [6, 6.07) is -1.30. The molecule has 1 rings (SSSR count). The molecule has 1 atom stereocenters. The van der Waals surface area contributed by atoms with Crippen LogP contribution in [-0.4, -0.2) is 40.9 Å².